The first kappa shape index (κ1) is 11.4. The Labute approximate surface area is 96.4 Å². The molecule has 1 saturated heterocycles. The maximum absolute atomic E-state index is 10.9. The van der Waals surface area contributed by atoms with Gasteiger partial charge in [0.1, 0.15) is 0 Å². The molecule has 1 fully saturated rings. The summed E-state index contributed by atoms with van der Waals surface area (Å²) in [6.45, 7) is 7.03. The van der Waals surface area contributed by atoms with Gasteiger partial charge in [-0.3, -0.25) is 4.79 Å². The highest BCUT2D eigenvalue weighted by Gasteiger charge is 2.23. The van der Waals surface area contributed by atoms with Crippen molar-refractivity contribution in [2.75, 3.05) is 6.61 Å². The van der Waals surface area contributed by atoms with Gasteiger partial charge in [0.15, 0.2) is 6.29 Å². The maximum Gasteiger partial charge on any atom is 0.151 e. The maximum atomic E-state index is 10.9. The van der Waals surface area contributed by atoms with Gasteiger partial charge in [0.2, 0.25) is 0 Å². The first-order valence-corrected chi connectivity index (χ1v) is 5.88. The zero-order chi connectivity index (χ0) is 11.7. The molecule has 0 N–H and O–H groups in total. The largest absolute Gasteiger partial charge is 0.378 e. The minimum absolute atomic E-state index is 0.319. The molecule has 0 saturated carbocycles. The zero-order valence-corrected chi connectivity index (χ0v) is 10.2. The average Bonchev–Trinajstić information content (AvgIpc) is 2.53. The molecular formula is C13H19NO2. The van der Waals surface area contributed by atoms with Gasteiger partial charge in [0.05, 0.1) is 6.10 Å². The third-order valence-corrected chi connectivity index (χ3v) is 3.47. The third-order valence-electron chi connectivity index (χ3n) is 3.47. The minimum atomic E-state index is 0.319. The van der Waals surface area contributed by atoms with Crippen LogP contribution in [0.1, 0.15) is 47.6 Å². The molecule has 0 bridgehead atoms. The molecule has 0 aliphatic carbocycles. The lowest BCUT2D eigenvalue weighted by Crippen LogP contribution is -2.26. The van der Waals surface area contributed by atoms with Gasteiger partial charge in [-0.25, -0.2) is 0 Å². The SMILES string of the molecule is Cc1cc(C=O)c(C)n1C1CCOC(C)C1. The van der Waals surface area contributed by atoms with Gasteiger partial charge >= 0.3 is 0 Å². The lowest BCUT2D eigenvalue weighted by molar-refractivity contribution is 0.00535. The van der Waals surface area contributed by atoms with Crippen molar-refractivity contribution in [2.24, 2.45) is 0 Å². The van der Waals surface area contributed by atoms with Gasteiger partial charge in [0, 0.05) is 29.6 Å². The van der Waals surface area contributed by atoms with Gasteiger partial charge in [-0.15, -0.1) is 0 Å². The summed E-state index contributed by atoms with van der Waals surface area (Å²) in [5, 5.41) is 0. The van der Waals surface area contributed by atoms with Crippen molar-refractivity contribution in [1.82, 2.24) is 4.57 Å². The van der Waals surface area contributed by atoms with E-state index in [-0.39, 0.29) is 0 Å². The molecule has 3 nitrogen and oxygen atoms in total. The van der Waals surface area contributed by atoms with Crippen LogP contribution >= 0.6 is 0 Å². The molecule has 2 heterocycles. The number of aromatic nitrogens is 1. The van der Waals surface area contributed by atoms with E-state index in [0.717, 1.165) is 37.0 Å². The Hall–Kier alpha value is -1.09. The van der Waals surface area contributed by atoms with E-state index in [9.17, 15) is 4.79 Å². The average molecular weight is 221 g/mol. The van der Waals surface area contributed by atoms with E-state index in [2.05, 4.69) is 18.4 Å². The fourth-order valence-corrected chi connectivity index (χ4v) is 2.69. The Morgan fingerprint density at radius 3 is 2.81 bits per heavy atom. The molecule has 0 amide bonds. The minimum Gasteiger partial charge on any atom is -0.378 e. The summed E-state index contributed by atoms with van der Waals surface area (Å²) in [4.78, 5) is 10.9. The van der Waals surface area contributed by atoms with Crippen LogP contribution in [-0.4, -0.2) is 23.6 Å². The van der Waals surface area contributed by atoms with Crippen molar-refractivity contribution >= 4 is 6.29 Å². The first-order valence-electron chi connectivity index (χ1n) is 5.88. The number of ether oxygens (including phenoxy) is 1. The number of carbonyl (C=O) groups excluding carboxylic acids is 1. The molecule has 2 rings (SSSR count). The molecule has 1 aliphatic heterocycles. The first-order chi connectivity index (χ1) is 7.63. The normalized spacial score (nSPS) is 25.7. The Morgan fingerprint density at radius 2 is 2.25 bits per heavy atom. The van der Waals surface area contributed by atoms with Gasteiger partial charge in [-0.05, 0) is 39.7 Å². The molecule has 1 aliphatic rings. The Bertz CT molecular complexity index is 395. The Balaban J connectivity index is 2.32. The molecule has 0 aromatic carbocycles. The summed E-state index contributed by atoms with van der Waals surface area (Å²) in [6.07, 6.45) is 3.34. The van der Waals surface area contributed by atoms with Crippen molar-refractivity contribution < 1.29 is 9.53 Å². The number of hydrogen-bond donors (Lipinski definition) is 0. The van der Waals surface area contributed by atoms with Crippen molar-refractivity contribution in [2.45, 2.75) is 45.8 Å². The van der Waals surface area contributed by atoms with E-state index < -0.39 is 0 Å². The van der Waals surface area contributed by atoms with Crippen LogP contribution in [0.3, 0.4) is 0 Å². The summed E-state index contributed by atoms with van der Waals surface area (Å²) in [5.74, 6) is 0. The van der Waals surface area contributed by atoms with Crippen LogP contribution in [0.2, 0.25) is 0 Å². The molecule has 2 unspecified atom stereocenters. The van der Waals surface area contributed by atoms with Crippen molar-refractivity contribution in [3.63, 3.8) is 0 Å². The second-order valence-electron chi connectivity index (χ2n) is 4.67. The van der Waals surface area contributed by atoms with Crippen LogP contribution in [0.15, 0.2) is 6.07 Å². The van der Waals surface area contributed by atoms with Gasteiger partial charge in [-0.1, -0.05) is 0 Å². The summed E-state index contributed by atoms with van der Waals surface area (Å²) >= 11 is 0. The predicted molar refractivity (Wildman–Crippen MR) is 63.0 cm³/mol. The summed E-state index contributed by atoms with van der Waals surface area (Å²) in [7, 11) is 0. The zero-order valence-electron chi connectivity index (χ0n) is 10.2. The standard InChI is InChI=1S/C13H19NO2/c1-9-6-12(8-15)11(3)14(9)13-4-5-16-10(2)7-13/h6,8,10,13H,4-5,7H2,1-3H3. The van der Waals surface area contributed by atoms with Gasteiger partial charge in [-0.2, -0.15) is 0 Å². The van der Waals surface area contributed by atoms with Crippen molar-refractivity contribution in [3.8, 4) is 0 Å². The molecule has 2 atom stereocenters. The number of hydrogen-bond acceptors (Lipinski definition) is 2. The monoisotopic (exact) mass is 221 g/mol. The molecular weight excluding hydrogens is 202 g/mol. The van der Waals surface area contributed by atoms with Crippen LogP contribution in [0, 0.1) is 13.8 Å². The number of carbonyl (C=O) groups is 1. The third kappa shape index (κ3) is 1.92. The number of rotatable bonds is 2. The highest BCUT2D eigenvalue weighted by molar-refractivity contribution is 5.77. The number of aldehydes is 1. The summed E-state index contributed by atoms with van der Waals surface area (Å²) in [5.41, 5.74) is 3.09. The van der Waals surface area contributed by atoms with Crippen LogP contribution in [0.4, 0.5) is 0 Å². The van der Waals surface area contributed by atoms with E-state index in [1.165, 1.54) is 5.69 Å². The van der Waals surface area contributed by atoms with Gasteiger partial charge in [0.25, 0.3) is 0 Å². The highest BCUT2D eigenvalue weighted by atomic mass is 16.5. The number of nitrogens with zero attached hydrogens (tertiary/aromatic N) is 1. The second-order valence-corrected chi connectivity index (χ2v) is 4.67. The van der Waals surface area contributed by atoms with Crippen molar-refractivity contribution in [3.05, 3.63) is 23.0 Å². The van der Waals surface area contributed by atoms with Crippen LogP contribution in [0.25, 0.3) is 0 Å². The molecule has 1 aromatic rings. The van der Waals surface area contributed by atoms with E-state index >= 15 is 0 Å². The smallest absolute Gasteiger partial charge is 0.151 e. The topological polar surface area (TPSA) is 31.2 Å². The lowest BCUT2D eigenvalue weighted by atomic mass is 10.0. The Kier molecular flexibility index (Phi) is 3.15. The second kappa shape index (κ2) is 4.42. The fourth-order valence-electron chi connectivity index (χ4n) is 2.69. The molecule has 3 heteroatoms. The van der Waals surface area contributed by atoms with E-state index in [1.807, 2.05) is 13.0 Å². The van der Waals surface area contributed by atoms with Crippen molar-refractivity contribution in [1.29, 1.82) is 0 Å². The quantitative estimate of drug-likeness (QED) is 0.719. The highest BCUT2D eigenvalue weighted by Crippen LogP contribution is 2.29. The summed E-state index contributed by atoms with van der Waals surface area (Å²) < 4.78 is 7.85. The predicted octanol–water partition coefficient (Wildman–Crippen LogP) is 2.66. The molecule has 88 valence electrons. The lowest BCUT2D eigenvalue weighted by Gasteiger charge is -2.30. The van der Waals surface area contributed by atoms with Crippen LogP contribution in [0.5, 0.6) is 0 Å². The van der Waals surface area contributed by atoms with Crippen LogP contribution in [-0.2, 0) is 4.74 Å². The van der Waals surface area contributed by atoms with E-state index in [4.69, 9.17) is 4.74 Å². The molecule has 0 spiro atoms. The molecule has 1 aromatic heterocycles. The van der Waals surface area contributed by atoms with Gasteiger partial charge < -0.3 is 9.30 Å². The van der Waals surface area contributed by atoms with E-state index in [0.29, 0.717) is 12.1 Å². The fraction of sp³-hybridized carbons (Fsp3) is 0.615. The Morgan fingerprint density at radius 1 is 1.50 bits per heavy atom. The molecule has 16 heavy (non-hydrogen) atoms. The summed E-state index contributed by atoms with van der Waals surface area (Å²) in [6, 6.07) is 2.46. The molecule has 0 radical (unpaired) electrons. The van der Waals surface area contributed by atoms with Crippen LogP contribution < -0.4 is 0 Å². The number of aryl methyl sites for hydroxylation is 1. The van der Waals surface area contributed by atoms with E-state index in [1.54, 1.807) is 0 Å².